The van der Waals surface area contributed by atoms with Crippen LogP contribution in [0.3, 0.4) is 0 Å². The molecule has 0 aromatic heterocycles. The zero-order chi connectivity index (χ0) is 21.1. The van der Waals surface area contributed by atoms with E-state index in [1.165, 1.54) is 0 Å². The first-order valence-electron chi connectivity index (χ1n) is 9.83. The highest BCUT2D eigenvalue weighted by atomic mass is 16.5. The minimum atomic E-state index is -1.43. The summed E-state index contributed by atoms with van der Waals surface area (Å²) >= 11 is 0. The van der Waals surface area contributed by atoms with Gasteiger partial charge in [-0.2, -0.15) is 0 Å². The standard InChI is InChI=1S/C23H27NO5/c1-13(2)14(3)21(25)20(22(26)27)24-23(28)29-12-19-17-10-6-4-8-15(17)16-9-5-7-11-18(16)19/h4-11,13-14,19-21,25H,12H2,1-3H3,(H,24,28)(H,26,27)/t14-,20+,21+/m0/s1. The number of ether oxygens (including phenoxy) is 1. The second-order valence-electron chi connectivity index (χ2n) is 7.88. The maximum atomic E-state index is 12.3. The van der Waals surface area contributed by atoms with Crippen molar-refractivity contribution in [2.75, 3.05) is 6.61 Å². The molecule has 1 amide bonds. The number of nitrogens with one attached hydrogen (secondary N) is 1. The van der Waals surface area contributed by atoms with Crippen LogP contribution in [-0.4, -0.2) is 41.0 Å². The molecule has 6 nitrogen and oxygen atoms in total. The van der Waals surface area contributed by atoms with Crippen molar-refractivity contribution in [3.63, 3.8) is 0 Å². The summed E-state index contributed by atoms with van der Waals surface area (Å²) < 4.78 is 5.39. The minimum absolute atomic E-state index is 0.0659. The second kappa shape index (κ2) is 8.66. The van der Waals surface area contributed by atoms with Gasteiger partial charge >= 0.3 is 12.1 Å². The Labute approximate surface area is 170 Å². The molecule has 6 heteroatoms. The zero-order valence-corrected chi connectivity index (χ0v) is 16.8. The minimum Gasteiger partial charge on any atom is -0.480 e. The van der Waals surface area contributed by atoms with Crippen LogP contribution in [0, 0.1) is 11.8 Å². The van der Waals surface area contributed by atoms with Gasteiger partial charge in [-0.25, -0.2) is 9.59 Å². The van der Waals surface area contributed by atoms with E-state index in [1.54, 1.807) is 6.92 Å². The van der Waals surface area contributed by atoms with E-state index in [9.17, 15) is 19.8 Å². The molecule has 0 unspecified atom stereocenters. The van der Waals surface area contributed by atoms with Crippen molar-refractivity contribution in [1.29, 1.82) is 0 Å². The fraction of sp³-hybridized carbons (Fsp3) is 0.391. The number of carbonyl (C=O) groups is 2. The third-order valence-electron chi connectivity index (χ3n) is 5.81. The lowest BCUT2D eigenvalue weighted by molar-refractivity contribution is -0.143. The molecule has 2 aromatic carbocycles. The average Bonchev–Trinajstić information content (AvgIpc) is 3.03. The molecule has 0 saturated carbocycles. The number of hydrogen-bond acceptors (Lipinski definition) is 4. The molecule has 0 aliphatic heterocycles. The van der Waals surface area contributed by atoms with Crippen molar-refractivity contribution in [2.24, 2.45) is 11.8 Å². The van der Waals surface area contributed by atoms with Crippen LogP contribution in [0.15, 0.2) is 48.5 Å². The molecule has 0 bridgehead atoms. The number of aliphatic hydroxyl groups excluding tert-OH is 1. The van der Waals surface area contributed by atoms with Crippen molar-refractivity contribution in [2.45, 2.75) is 38.8 Å². The number of alkyl carbamates (subject to hydrolysis) is 1. The molecule has 1 aliphatic carbocycles. The number of amides is 1. The molecule has 0 radical (unpaired) electrons. The van der Waals surface area contributed by atoms with Crippen molar-refractivity contribution < 1.29 is 24.5 Å². The number of carboxylic acids is 1. The van der Waals surface area contributed by atoms with Crippen LogP contribution in [0.25, 0.3) is 11.1 Å². The first kappa shape index (κ1) is 20.9. The lowest BCUT2D eigenvalue weighted by Gasteiger charge is -2.27. The molecule has 3 N–H and O–H groups in total. The van der Waals surface area contributed by atoms with Gasteiger partial charge in [-0.1, -0.05) is 69.3 Å². The van der Waals surface area contributed by atoms with Crippen molar-refractivity contribution in [3.05, 3.63) is 59.7 Å². The average molecular weight is 397 g/mol. The summed E-state index contributed by atoms with van der Waals surface area (Å²) in [5.74, 6) is -1.64. The maximum absolute atomic E-state index is 12.3. The summed E-state index contributed by atoms with van der Waals surface area (Å²) in [6.45, 7) is 5.62. The van der Waals surface area contributed by atoms with Crippen LogP contribution in [-0.2, 0) is 9.53 Å². The molecule has 0 fully saturated rings. The van der Waals surface area contributed by atoms with Gasteiger partial charge in [0.05, 0.1) is 6.10 Å². The van der Waals surface area contributed by atoms with E-state index >= 15 is 0 Å². The van der Waals surface area contributed by atoms with Gasteiger partial charge in [0, 0.05) is 5.92 Å². The van der Waals surface area contributed by atoms with E-state index in [-0.39, 0.29) is 24.4 Å². The molecule has 154 valence electrons. The summed E-state index contributed by atoms with van der Waals surface area (Å²) in [6, 6.07) is 14.5. The van der Waals surface area contributed by atoms with E-state index in [2.05, 4.69) is 5.32 Å². The van der Waals surface area contributed by atoms with E-state index in [4.69, 9.17) is 4.74 Å². The molecular weight excluding hydrogens is 370 g/mol. The zero-order valence-electron chi connectivity index (χ0n) is 16.8. The molecule has 0 heterocycles. The van der Waals surface area contributed by atoms with Crippen LogP contribution < -0.4 is 5.32 Å². The Morgan fingerprint density at radius 3 is 2.00 bits per heavy atom. The maximum Gasteiger partial charge on any atom is 0.407 e. The van der Waals surface area contributed by atoms with Crippen molar-refractivity contribution >= 4 is 12.1 Å². The number of aliphatic hydroxyl groups is 1. The number of carbonyl (C=O) groups excluding carboxylic acids is 1. The predicted octanol–water partition coefficient (Wildman–Crippen LogP) is 3.63. The van der Waals surface area contributed by atoms with Gasteiger partial charge < -0.3 is 20.3 Å². The van der Waals surface area contributed by atoms with Crippen LogP contribution in [0.5, 0.6) is 0 Å². The first-order chi connectivity index (χ1) is 13.8. The largest absolute Gasteiger partial charge is 0.480 e. The van der Waals surface area contributed by atoms with Crippen LogP contribution in [0.4, 0.5) is 4.79 Å². The molecule has 2 aromatic rings. The Morgan fingerprint density at radius 2 is 1.52 bits per heavy atom. The molecule has 0 spiro atoms. The highest BCUT2D eigenvalue weighted by Gasteiger charge is 2.34. The van der Waals surface area contributed by atoms with Gasteiger partial charge in [-0.15, -0.1) is 0 Å². The topological polar surface area (TPSA) is 95.9 Å². The molecule has 1 aliphatic rings. The number of rotatable bonds is 7. The number of benzene rings is 2. The lowest BCUT2D eigenvalue weighted by Crippen LogP contribution is -2.52. The third kappa shape index (κ3) is 4.27. The summed E-state index contributed by atoms with van der Waals surface area (Å²) in [7, 11) is 0. The Morgan fingerprint density at radius 1 is 1.00 bits per heavy atom. The summed E-state index contributed by atoms with van der Waals surface area (Å²) in [5.41, 5.74) is 4.37. The Balaban J connectivity index is 1.70. The second-order valence-corrected chi connectivity index (χ2v) is 7.88. The Hall–Kier alpha value is -2.86. The van der Waals surface area contributed by atoms with Crippen LogP contribution in [0.2, 0.25) is 0 Å². The van der Waals surface area contributed by atoms with Gasteiger partial charge in [0.15, 0.2) is 6.04 Å². The highest BCUT2D eigenvalue weighted by Crippen LogP contribution is 2.44. The molecule has 3 atom stereocenters. The van der Waals surface area contributed by atoms with E-state index in [1.807, 2.05) is 62.4 Å². The fourth-order valence-electron chi connectivity index (χ4n) is 3.76. The summed E-state index contributed by atoms with van der Waals surface area (Å²) in [4.78, 5) is 23.9. The van der Waals surface area contributed by atoms with Crippen molar-refractivity contribution in [3.8, 4) is 11.1 Å². The van der Waals surface area contributed by atoms with Gasteiger partial charge in [0.2, 0.25) is 0 Å². The Kier molecular flexibility index (Phi) is 6.23. The number of carboxylic acid groups (broad SMARTS) is 1. The normalized spacial score (nSPS) is 15.9. The number of hydrogen-bond donors (Lipinski definition) is 3. The SMILES string of the molecule is CC(C)[C@H](C)[C@@H](O)[C@@H](NC(=O)OCC1c2ccccc2-c2ccccc21)C(=O)O. The van der Waals surface area contributed by atoms with E-state index in [0.717, 1.165) is 22.3 Å². The van der Waals surface area contributed by atoms with Gasteiger partial charge in [-0.05, 0) is 34.1 Å². The van der Waals surface area contributed by atoms with E-state index < -0.39 is 24.2 Å². The van der Waals surface area contributed by atoms with Gasteiger partial charge in [0.1, 0.15) is 6.61 Å². The highest BCUT2D eigenvalue weighted by molar-refractivity contribution is 5.81. The smallest absolute Gasteiger partial charge is 0.407 e. The summed E-state index contributed by atoms with van der Waals surface area (Å²) in [6.07, 6.45) is -2.07. The number of aliphatic carboxylic acids is 1. The Bertz CT molecular complexity index is 849. The van der Waals surface area contributed by atoms with Crippen LogP contribution >= 0.6 is 0 Å². The molecule has 0 saturated heterocycles. The monoisotopic (exact) mass is 397 g/mol. The quantitative estimate of drug-likeness (QED) is 0.663. The summed E-state index contributed by atoms with van der Waals surface area (Å²) in [5, 5.41) is 22.1. The molecule has 3 rings (SSSR count). The lowest BCUT2D eigenvalue weighted by atomic mass is 9.88. The predicted molar refractivity (Wildman–Crippen MR) is 110 cm³/mol. The third-order valence-corrected chi connectivity index (χ3v) is 5.81. The molecule has 29 heavy (non-hydrogen) atoms. The van der Waals surface area contributed by atoms with Crippen LogP contribution in [0.1, 0.15) is 37.8 Å². The van der Waals surface area contributed by atoms with Gasteiger partial charge in [0.25, 0.3) is 0 Å². The fourth-order valence-corrected chi connectivity index (χ4v) is 3.76. The van der Waals surface area contributed by atoms with Crippen molar-refractivity contribution in [1.82, 2.24) is 5.32 Å². The van der Waals surface area contributed by atoms with Gasteiger partial charge in [-0.3, -0.25) is 0 Å². The first-order valence-corrected chi connectivity index (χ1v) is 9.83. The molecular formula is C23H27NO5. The van der Waals surface area contributed by atoms with E-state index in [0.29, 0.717) is 0 Å². The number of fused-ring (bicyclic) bond motifs is 3.